The lowest BCUT2D eigenvalue weighted by atomic mass is 10.2. The first kappa shape index (κ1) is 11.3. The first-order valence-electron chi connectivity index (χ1n) is 4.97. The smallest absolute Gasteiger partial charge is 0.187 e. The van der Waals surface area contributed by atoms with Crippen molar-refractivity contribution in [2.75, 3.05) is 5.32 Å². The second kappa shape index (κ2) is 4.78. The van der Waals surface area contributed by atoms with Crippen molar-refractivity contribution in [3.05, 3.63) is 53.9 Å². The highest BCUT2D eigenvalue weighted by atomic mass is 19.1. The first-order chi connectivity index (χ1) is 8.16. The van der Waals surface area contributed by atoms with Crippen molar-refractivity contribution in [1.82, 2.24) is 4.98 Å². The van der Waals surface area contributed by atoms with Crippen LogP contribution < -0.4 is 5.32 Å². The van der Waals surface area contributed by atoms with Crippen LogP contribution in [0.2, 0.25) is 0 Å². The molecule has 0 aliphatic carbocycles. The molecule has 88 valence electrons. The zero-order chi connectivity index (χ0) is 12.3. The Bertz CT molecular complexity index is 494. The maximum atomic E-state index is 13.0. The van der Waals surface area contributed by atoms with Gasteiger partial charge in [-0.05, 0) is 29.8 Å². The van der Waals surface area contributed by atoms with Crippen molar-refractivity contribution in [2.24, 2.45) is 0 Å². The molecule has 0 fully saturated rings. The number of phenols is 1. The molecule has 0 radical (unpaired) electrons. The maximum Gasteiger partial charge on any atom is 0.187 e. The molecule has 0 bridgehead atoms. The van der Waals surface area contributed by atoms with Crippen LogP contribution in [-0.4, -0.2) is 10.1 Å². The predicted molar refractivity (Wildman–Crippen MR) is 59.6 cm³/mol. The van der Waals surface area contributed by atoms with E-state index >= 15 is 0 Å². The van der Waals surface area contributed by atoms with Gasteiger partial charge in [0, 0.05) is 18.9 Å². The van der Waals surface area contributed by atoms with Crippen molar-refractivity contribution in [3.63, 3.8) is 0 Å². The molecule has 1 aromatic heterocycles. The zero-order valence-electron chi connectivity index (χ0n) is 8.82. The third kappa shape index (κ3) is 2.69. The molecule has 2 aromatic rings. The minimum Gasteiger partial charge on any atom is -0.503 e. The van der Waals surface area contributed by atoms with Gasteiger partial charge in [0.25, 0.3) is 0 Å². The van der Waals surface area contributed by atoms with Crippen LogP contribution in [0.4, 0.5) is 14.5 Å². The van der Waals surface area contributed by atoms with Crippen LogP contribution in [0.15, 0.2) is 36.7 Å². The number of pyridine rings is 1. The molecular weight excluding hydrogens is 226 g/mol. The number of nitrogens with one attached hydrogen (secondary N) is 1. The Labute approximate surface area is 96.7 Å². The van der Waals surface area contributed by atoms with E-state index in [2.05, 4.69) is 10.3 Å². The Balaban J connectivity index is 2.10. The number of benzene rings is 1. The maximum absolute atomic E-state index is 13.0. The molecule has 0 amide bonds. The standard InChI is InChI=1S/C12H10F2N2O/c13-10-4-8(5-11(14)12(10)17)6-16-9-2-1-3-15-7-9/h1-5,7,16-17H,6H2. The average Bonchev–Trinajstić information content (AvgIpc) is 2.34. The normalized spacial score (nSPS) is 10.2. The largest absolute Gasteiger partial charge is 0.503 e. The number of aromatic nitrogens is 1. The Morgan fingerprint density at radius 1 is 1.24 bits per heavy atom. The molecule has 0 spiro atoms. The fraction of sp³-hybridized carbons (Fsp3) is 0.0833. The second-order valence-corrected chi connectivity index (χ2v) is 3.50. The van der Waals surface area contributed by atoms with Gasteiger partial charge in [0.1, 0.15) is 0 Å². The number of rotatable bonds is 3. The molecule has 17 heavy (non-hydrogen) atoms. The molecule has 0 atom stereocenters. The Kier molecular flexibility index (Phi) is 3.18. The van der Waals surface area contributed by atoms with Crippen LogP contribution >= 0.6 is 0 Å². The first-order valence-corrected chi connectivity index (χ1v) is 4.97. The van der Waals surface area contributed by atoms with E-state index in [1.165, 1.54) is 0 Å². The van der Waals surface area contributed by atoms with Gasteiger partial charge in [-0.25, -0.2) is 8.78 Å². The summed E-state index contributed by atoms with van der Waals surface area (Å²) < 4.78 is 26.1. The van der Waals surface area contributed by atoms with Gasteiger partial charge < -0.3 is 10.4 Å². The van der Waals surface area contributed by atoms with Crippen molar-refractivity contribution in [1.29, 1.82) is 0 Å². The van der Waals surface area contributed by atoms with Gasteiger partial charge in [0.05, 0.1) is 5.69 Å². The molecule has 1 aromatic carbocycles. The molecule has 1 heterocycles. The number of halogens is 2. The highest BCUT2D eigenvalue weighted by molar-refractivity contribution is 5.41. The van der Waals surface area contributed by atoms with Gasteiger partial charge in [-0.1, -0.05) is 0 Å². The van der Waals surface area contributed by atoms with Crippen molar-refractivity contribution < 1.29 is 13.9 Å². The number of aromatic hydroxyl groups is 1. The minimum absolute atomic E-state index is 0.250. The summed E-state index contributed by atoms with van der Waals surface area (Å²) in [5.74, 6) is -2.88. The number of hydrogen-bond donors (Lipinski definition) is 2. The lowest BCUT2D eigenvalue weighted by molar-refractivity contribution is 0.395. The van der Waals surface area contributed by atoms with Crippen LogP contribution in [0.3, 0.4) is 0 Å². The summed E-state index contributed by atoms with van der Waals surface area (Å²) >= 11 is 0. The van der Waals surface area contributed by atoms with E-state index in [1.54, 1.807) is 24.5 Å². The van der Waals surface area contributed by atoms with Crippen LogP contribution in [0.25, 0.3) is 0 Å². The third-order valence-electron chi connectivity index (χ3n) is 2.23. The van der Waals surface area contributed by atoms with Crippen LogP contribution in [-0.2, 0) is 6.54 Å². The van der Waals surface area contributed by atoms with Crippen molar-refractivity contribution >= 4 is 5.69 Å². The second-order valence-electron chi connectivity index (χ2n) is 3.50. The molecule has 0 unspecified atom stereocenters. The topological polar surface area (TPSA) is 45.1 Å². The SMILES string of the molecule is Oc1c(F)cc(CNc2cccnc2)cc1F. The van der Waals surface area contributed by atoms with Crippen LogP contribution in [0.1, 0.15) is 5.56 Å². The number of phenolic OH excluding ortho intramolecular Hbond substituents is 1. The van der Waals surface area contributed by atoms with Gasteiger partial charge >= 0.3 is 0 Å². The van der Waals surface area contributed by atoms with E-state index in [-0.39, 0.29) is 6.54 Å². The molecule has 5 heteroatoms. The van der Waals surface area contributed by atoms with Crippen LogP contribution in [0, 0.1) is 11.6 Å². The summed E-state index contributed by atoms with van der Waals surface area (Å²) in [6.07, 6.45) is 3.23. The zero-order valence-corrected chi connectivity index (χ0v) is 8.82. The molecule has 0 saturated carbocycles. The Morgan fingerprint density at radius 3 is 2.53 bits per heavy atom. The third-order valence-corrected chi connectivity index (χ3v) is 2.23. The van der Waals surface area contributed by atoms with Gasteiger partial charge in [-0.2, -0.15) is 0 Å². The van der Waals surface area contributed by atoms with Gasteiger partial charge in [0.2, 0.25) is 0 Å². The van der Waals surface area contributed by atoms with E-state index in [4.69, 9.17) is 5.11 Å². The number of hydrogen-bond acceptors (Lipinski definition) is 3. The van der Waals surface area contributed by atoms with Crippen molar-refractivity contribution in [3.8, 4) is 5.75 Å². The van der Waals surface area contributed by atoms with Crippen LogP contribution in [0.5, 0.6) is 5.75 Å². The summed E-state index contributed by atoms with van der Waals surface area (Å²) in [4.78, 5) is 3.90. The fourth-order valence-electron chi connectivity index (χ4n) is 1.39. The molecule has 3 nitrogen and oxygen atoms in total. The van der Waals surface area contributed by atoms with E-state index in [0.717, 1.165) is 17.8 Å². The predicted octanol–water partition coefficient (Wildman–Crippen LogP) is 2.68. The monoisotopic (exact) mass is 236 g/mol. The van der Waals surface area contributed by atoms with Gasteiger partial charge in [-0.3, -0.25) is 4.98 Å². The molecule has 2 rings (SSSR count). The lowest BCUT2D eigenvalue weighted by Gasteiger charge is -2.07. The molecule has 2 N–H and O–H groups in total. The highest BCUT2D eigenvalue weighted by Crippen LogP contribution is 2.21. The summed E-state index contributed by atoms with van der Waals surface area (Å²) in [5, 5.41) is 11.9. The van der Waals surface area contributed by atoms with Gasteiger partial charge in [-0.15, -0.1) is 0 Å². The summed E-state index contributed by atoms with van der Waals surface area (Å²) in [6, 6.07) is 5.71. The van der Waals surface area contributed by atoms with Crippen molar-refractivity contribution in [2.45, 2.75) is 6.54 Å². The van der Waals surface area contributed by atoms with E-state index in [0.29, 0.717) is 5.56 Å². The van der Waals surface area contributed by atoms with E-state index in [9.17, 15) is 8.78 Å². The minimum atomic E-state index is -0.965. The number of nitrogens with zero attached hydrogens (tertiary/aromatic N) is 1. The highest BCUT2D eigenvalue weighted by Gasteiger charge is 2.09. The summed E-state index contributed by atoms with van der Waals surface area (Å²) in [5.41, 5.74) is 1.16. The molecule has 0 aliphatic heterocycles. The van der Waals surface area contributed by atoms with Gasteiger partial charge in [0.15, 0.2) is 17.4 Å². The molecule has 0 saturated heterocycles. The molecule has 0 aliphatic rings. The quantitative estimate of drug-likeness (QED) is 0.861. The number of anilines is 1. The Morgan fingerprint density at radius 2 is 1.94 bits per heavy atom. The van der Waals surface area contributed by atoms with E-state index < -0.39 is 17.4 Å². The fourth-order valence-corrected chi connectivity index (χ4v) is 1.39. The molecular formula is C12H10F2N2O. The lowest BCUT2D eigenvalue weighted by Crippen LogP contribution is -2.01. The summed E-state index contributed by atoms with van der Waals surface area (Å²) in [7, 11) is 0. The summed E-state index contributed by atoms with van der Waals surface area (Å²) in [6.45, 7) is 0.250. The average molecular weight is 236 g/mol. The van der Waals surface area contributed by atoms with E-state index in [1.807, 2.05) is 0 Å². The Hall–Kier alpha value is -2.17.